The van der Waals surface area contributed by atoms with Crippen molar-refractivity contribution in [2.75, 3.05) is 21.4 Å². The summed E-state index contributed by atoms with van der Waals surface area (Å²) in [5.41, 5.74) is 5.70. The fourth-order valence-corrected chi connectivity index (χ4v) is 5.23. The molecule has 1 aromatic heterocycles. The first kappa shape index (κ1) is 21.3. The average molecular weight is 459 g/mol. The Morgan fingerprint density at radius 1 is 0.970 bits per heavy atom. The number of nitrogens with one attached hydrogen (secondary N) is 2. The minimum atomic E-state index is -3.75. The molecule has 3 aromatic carbocycles. The number of hydrogen-bond acceptors (Lipinski definition) is 4. The smallest absolute Gasteiger partial charge is 0.323 e. The molecule has 33 heavy (non-hydrogen) atoms. The third-order valence-electron chi connectivity index (χ3n) is 6.15. The number of benzene rings is 3. The zero-order chi connectivity index (χ0) is 23.0. The van der Waals surface area contributed by atoms with Gasteiger partial charge >= 0.3 is 10.2 Å². The summed E-state index contributed by atoms with van der Waals surface area (Å²) in [5.74, 6) is 0.816. The van der Waals surface area contributed by atoms with Gasteiger partial charge < -0.3 is 5.32 Å². The third-order valence-corrected chi connectivity index (χ3v) is 7.57. The van der Waals surface area contributed by atoms with E-state index in [4.69, 9.17) is 4.98 Å². The van der Waals surface area contributed by atoms with Crippen LogP contribution in [0.25, 0.3) is 10.9 Å². The maximum absolute atomic E-state index is 12.9. The number of aromatic nitrogens is 1. The fraction of sp³-hybridized carbons (Fsp3) is 0.192. The first-order valence-electron chi connectivity index (χ1n) is 11.0. The molecule has 0 unspecified atom stereocenters. The number of nitrogens with zero attached hydrogens (tertiary/aromatic N) is 2. The standard InChI is InChI=1S/C26H26N4O2S/c1-18-7-12-22(13-8-18)30(2)33(31,32)29-21-11-15-24-20(17-21)10-16-26(27-24)28-25-14-9-19-5-3-4-6-23(19)25/h3-8,10-13,15-17,25,29H,9,14H2,1-2H3,(H,27,28)/t25-/m1/s1. The summed E-state index contributed by atoms with van der Waals surface area (Å²) in [4.78, 5) is 4.74. The second kappa shape index (κ2) is 8.41. The molecule has 168 valence electrons. The summed E-state index contributed by atoms with van der Waals surface area (Å²) in [7, 11) is -2.21. The van der Waals surface area contributed by atoms with Crippen molar-refractivity contribution in [1.82, 2.24) is 4.98 Å². The Hall–Kier alpha value is -3.58. The highest BCUT2D eigenvalue weighted by atomic mass is 32.2. The van der Waals surface area contributed by atoms with Crippen LogP contribution < -0.4 is 14.3 Å². The highest BCUT2D eigenvalue weighted by molar-refractivity contribution is 7.94. The molecule has 5 rings (SSSR count). The normalized spacial score (nSPS) is 15.3. The van der Waals surface area contributed by atoms with Gasteiger partial charge in [0.05, 0.1) is 22.9 Å². The summed E-state index contributed by atoms with van der Waals surface area (Å²) in [5, 5.41) is 4.42. The molecule has 0 bridgehead atoms. The quantitative estimate of drug-likeness (QED) is 0.404. The Kier molecular flexibility index (Phi) is 5.42. The molecular weight excluding hydrogens is 432 g/mol. The van der Waals surface area contributed by atoms with Gasteiger partial charge in [-0.2, -0.15) is 8.42 Å². The lowest BCUT2D eigenvalue weighted by Gasteiger charge is -2.20. The first-order valence-corrected chi connectivity index (χ1v) is 12.4. The Labute approximate surface area is 194 Å². The van der Waals surface area contributed by atoms with Crippen LogP contribution >= 0.6 is 0 Å². The van der Waals surface area contributed by atoms with E-state index in [2.05, 4.69) is 34.3 Å². The van der Waals surface area contributed by atoms with Crippen molar-refractivity contribution < 1.29 is 8.42 Å². The monoisotopic (exact) mass is 458 g/mol. The number of aryl methyl sites for hydroxylation is 2. The summed E-state index contributed by atoms with van der Waals surface area (Å²) in [6.45, 7) is 1.97. The summed E-state index contributed by atoms with van der Waals surface area (Å²) in [6.07, 6.45) is 2.12. The molecule has 4 aromatic rings. The van der Waals surface area contributed by atoms with E-state index in [1.165, 1.54) is 22.5 Å². The molecule has 2 N–H and O–H groups in total. The van der Waals surface area contributed by atoms with Gasteiger partial charge in [0.1, 0.15) is 5.82 Å². The second-order valence-electron chi connectivity index (χ2n) is 8.45. The van der Waals surface area contributed by atoms with E-state index in [0.717, 1.165) is 35.1 Å². The van der Waals surface area contributed by atoms with Gasteiger partial charge in [-0.15, -0.1) is 0 Å². The SMILES string of the molecule is Cc1ccc(N(C)S(=O)(=O)Nc2ccc3nc(N[C@@H]4CCc5ccccc54)ccc3c2)cc1. The topological polar surface area (TPSA) is 74.3 Å². The van der Waals surface area contributed by atoms with E-state index in [1.807, 2.05) is 37.3 Å². The molecular formula is C26H26N4O2S. The van der Waals surface area contributed by atoms with Gasteiger partial charge in [-0.1, -0.05) is 42.0 Å². The fourth-order valence-electron chi connectivity index (χ4n) is 4.27. The molecule has 1 aliphatic carbocycles. The van der Waals surface area contributed by atoms with Crippen molar-refractivity contribution >= 4 is 38.3 Å². The van der Waals surface area contributed by atoms with Crippen LogP contribution in [-0.2, 0) is 16.6 Å². The average Bonchev–Trinajstić information content (AvgIpc) is 3.22. The van der Waals surface area contributed by atoms with Crippen molar-refractivity contribution in [3.8, 4) is 0 Å². The highest BCUT2D eigenvalue weighted by Gasteiger charge is 2.22. The molecule has 0 saturated carbocycles. The van der Waals surface area contributed by atoms with E-state index in [0.29, 0.717) is 11.4 Å². The number of anilines is 3. The van der Waals surface area contributed by atoms with Crippen molar-refractivity contribution in [3.63, 3.8) is 0 Å². The van der Waals surface area contributed by atoms with Crippen LogP contribution in [0.3, 0.4) is 0 Å². The molecule has 0 amide bonds. The number of rotatable bonds is 6. The second-order valence-corrected chi connectivity index (χ2v) is 10.2. The Morgan fingerprint density at radius 2 is 1.76 bits per heavy atom. The summed E-state index contributed by atoms with van der Waals surface area (Å²) >= 11 is 0. The van der Waals surface area contributed by atoms with Gasteiger partial charge in [-0.3, -0.25) is 9.03 Å². The van der Waals surface area contributed by atoms with Gasteiger partial charge in [0.2, 0.25) is 0 Å². The van der Waals surface area contributed by atoms with Gasteiger partial charge in [-0.05, 0) is 73.4 Å². The Morgan fingerprint density at radius 3 is 2.58 bits per heavy atom. The molecule has 7 heteroatoms. The van der Waals surface area contributed by atoms with Gasteiger partial charge in [-0.25, -0.2) is 4.98 Å². The number of hydrogen-bond donors (Lipinski definition) is 2. The van der Waals surface area contributed by atoms with E-state index in [9.17, 15) is 8.42 Å². The van der Waals surface area contributed by atoms with Crippen LogP contribution in [0.2, 0.25) is 0 Å². The Bertz CT molecular complexity index is 1420. The minimum absolute atomic E-state index is 0.259. The lowest BCUT2D eigenvalue weighted by Crippen LogP contribution is -2.32. The maximum Gasteiger partial charge on any atom is 0.323 e. The first-order chi connectivity index (χ1) is 15.9. The molecule has 1 aliphatic rings. The van der Waals surface area contributed by atoms with Crippen molar-refractivity contribution in [1.29, 1.82) is 0 Å². The highest BCUT2D eigenvalue weighted by Crippen LogP contribution is 2.33. The molecule has 1 heterocycles. The third kappa shape index (κ3) is 4.36. The van der Waals surface area contributed by atoms with Crippen LogP contribution in [-0.4, -0.2) is 20.4 Å². The van der Waals surface area contributed by atoms with Crippen LogP contribution in [0.1, 0.15) is 29.2 Å². The molecule has 0 radical (unpaired) electrons. The van der Waals surface area contributed by atoms with Gasteiger partial charge in [0.25, 0.3) is 0 Å². The van der Waals surface area contributed by atoms with Gasteiger partial charge in [0, 0.05) is 12.4 Å². The lowest BCUT2D eigenvalue weighted by atomic mass is 10.1. The van der Waals surface area contributed by atoms with E-state index >= 15 is 0 Å². The van der Waals surface area contributed by atoms with Crippen LogP contribution in [0.5, 0.6) is 0 Å². The zero-order valence-corrected chi connectivity index (χ0v) is 19.4. The lowest BCUT2D eigenvalue weighted by molar-refractivity contribution is 0.599. The van der Waals surface area contributed by atoms with Crippen LogP contribution in [0.4, 0.5) is 17.2 Å². The van der Waals surface area contributed by atoms with E-state index < -0.39 is 10.2 Å². The summed E-state index contributed by atoms with van der Waals surface area (Å²) in [6, 6.07) is 25.4. The van der Waals surface area contributed by atoms with Crippen molar-refractivity contribution in [2.24, 2.45) is 0 Å². The largest absolute Gasteiger partial charge is 0.363 e. The predicted molar refractivity (Wildman–Crippen MR) is 135 cm³/mol. The Balaban J connectivity index is 1.33. The van der Waals surface area contributed by atoms with E-state index in [-0.39, 0.29) is 6.04 Å². The van der Waals surface area contributed by atoms with Crippen LogP contribution in [0.15, 0.2) is 78.9 Å². The molecule has 1 atom stereocenters. The predicted octanol–water partition coefficient (Wildman–Crippen LogP) is 5.44. The number of fused-ring (bicyclic) bond motifs is 2. The minimum Gasteiger partial charge on any atom is -0.363 e. The molecule has 0 aliphatic heterocycles. The molecule has 0 spiro atoms. The van der Waals surface area contributed by atoms with Gasteiger partial charge in [0.15, 0.2) is 0 Å². The van der Waals surface area contributed by atoms with Crippen molar-refractivity contribution in [2.45, 2.75) is 25.8 Å². The summed E-state index contributed by atoms with van der Waals surface area (Å²) < 4.78 is 29.6. The number of pyridine rings is 1. The molecule has 6 nitrogen and oxygen atoms in total. The van der Waals surface area contributed by atoms with Crippen LogP contribution in [0, 0.1) is 6.92 Å². The zero-order valence-electron chi connectivity index (χ0n) is 18.6. The molecule has 0 saturated heterocycles. The van der Waals surface area contributed by atoms with E-state index in [1.54, 1.807) is 24.3 Å². The maximum atomic E-state index is 12.9. The van der Waals surface area contributed by atoms with Crippen molar-refractivity contribution in [3.05, 3.63) is 95.6 Å². The molecule has 0 fully saturated rings.